The van der Waals surface area contributed by atoms with Crippen molar-refractivity contribution in [2.24, 2.45) is 11.8 Å². The van der Waals surface area contributed by atoms with Crippen LogP contribution in [0, 0.1) is 17.7 Å². The van der Waals surface area contributed by atoms with Gasteiger partial charge in [0.25, 0.3) is 0 Å². The number of carbonyl (C=O) groups is 3. The van der Waals surface area contributed by atoms with Gasteiger partial charge in [0.2, 0.25) is 11.8 Å². The number of aliphatic carboxylic acids is 1. The van der Waals surface area contributed by atoms with E-state index in [1.165, 1.54) is 28.8 Å². The number of carboxylic acid groups (broad SMARTS) is 1. The third kappa shape index (κ3) is 4.02. The lowest BCUT2D eigenvalue weighted by Gasteiger charge is -2.46. The molecule has 8 nitrogen and oxygen atoms in total. The van der Waals surface area contributed by atoms with Gasteiger partial charge >= 0.3 is 5.97 Å². The average molecular weight is 464 g/mol. The van der Waals surface area contributed by atoms with Gasteiger partial charge in [0.1, 0.15) is 11.5 Å². The molecule has 0 radical (unpaired) electrons. The first kappa shape index (κ1) is 22.8. The summed E-state index contributed by atoms with van der Waals surface area (Å²) in [5, 5.41) is 25.7. The van der Waals surface area contributed by atoms with E-state index in [2.05, 4.69) is 10.6 Å². The highest BCUT2D eigenvalue weighted by Crippen LogP contribution is 2.51. The molecule has 0 aliphatic carbocycles. The molecular formula is C22H26FN3O5S. The smallest absolute Gasteiger partial charge is 0.353 e. The van der Waals surface area contributed by atoms with Crippen molar-refractivity contribution >= 4 is 29.5 Å². The molecule has 3 aliphatic rings. The summed E-state index contributed by atoms with van der Waals surface area (Å²) in [5.41, 5.74) is 0.792. The summed E-state index contributed by atoms with van der Waals surface area (Å²) < 4.78 is 13.0. The van der Waals surface area contributed by atoms with Gasteiger partial charge < -0.3 is 25.7 Å². The van der Waals surface area contributed by atoms with Crippen molar-refractivity contribution in [3.8, 4) is 0 Å². The molecule has 0 unspecified atom stereocenters. The van der Waals surface area contributed by atoms with Crippen molar-refractivity contribution in [3.05, 3.63) is 46.2 Å². The molecule has 2 saturated heterocycles. The maximum Gasteiger partial charge on any atom is 0.353 e. The van der Waals surface area contributed by atoms with Crippen LogP contribution < -0.4 is 10.6 Å². The van der Waals surface area contributed by atoms with Gasteiger partial charge in [-0.05, 0) is 31.0 Å². The number of β-lactam (4-membered cyclic amide) rings is 1. The number of nitrogens with zero attached hydrogens (tertiary/aromatic N) is 1. The lowest BCUT2D eigenvalue weighted by Crippen LogP contribution is -2.63. The van der Waals surface area contributed by atoms with Gasteiger partial charge in [-0.1, -0.05) is 19.1 Å². The molecule has 3 aliphatic heterocycles. The summed E-state index contributed by atoms with van der Waals surface area (Å²) >= 11 is 1.40. The second kappa shape index (κ2) is 8.84. The molecule has 32 heavy (non-hydrogen) atoms. The molecule has 1 aromatic rings. The van der Waals surface area contributed by atoms with Gasteiger partial charge in [-0.3, -0.25) is 9.59 Å². The molecule has 0 saturated carbocycles. The van der Waals surface area contributed by atoms with Gasteiger partial charge in [-0.25, -0.2) is 9.18 Å². The molecule has 6 atom stereocenters. The Balaban J connectivity index is 1.38. The lowest BCUT2D eigenvalue weighted by atomic mass is 9.79. The van der Waals surface area contributed by atoms with Crippen molar-refractivity contribution in [2.45, 2.75) is 50.3 Å². The van der Waals surface area contributed by atoms with Gasteiger partial charge in [0, 0.05) is 29.2 Å². The van der Waals surface area contributed by atoms with Crippen LogP contribution in [0.1, 0.15) is 25.8 Å². The SMILES string of the molecule is C[C@@H](O)[C@H]1C(=O)N2C(C(=O)O)=C(S[C@@H]3CN[C@H](C(=O)NCc4ccc(F)cc4)C3)[C@H](C)[C@H]12. The minimum atomic E-state index is -1.15. The molecule has 4 rings (SSSR count). The van der Waals surface area contributed by atoms with Crippen LogP contribution >= 0.6 is 11.8 Å². The zero-order valence-electron chi connectivity index (χ0n) is 17.7. The Kier molecular flexibility index (Phi) is 6.28. The van der Waals surface area contributed by atoms with E-state index in [-0.39, 0.29) is 40.5 Å². The summed E-state index contributed by atoms with van der Waals surface area (Å²) in [7, 11) is 0. The van der Waals surface area contributed by atoms with Crippen molar-refractivity contribution in [2.75, 3.05) is 6.54 Å². The molecule has 2 amide bonds. The Morgan fingerprint density at radius 1 is 1.34 bits per heavy atom. The van der Waals surface area contributed by atoms with Crippen LogP contribution in [0.4, 0.5) is 4.39 Å². The first-order valence-electron chi connectivity index (χ1n) is 10.6. The van der Waals surface area contributed by atoms with Gasteiger partial charge in [-0.2, -0.15) is 0 Å². The maximum atomic E-state index is 13.0. The fraction of sp³-hybridized carbons (Fsp3) is 0.500. The summed E-state index contributed by atoms with van der Waals surface area (Å²) in [6.45, 7) is 4.25. The van der Waals surface area contributed by atoms with Gasteiger partial charge in [-0.15, -0.1) is 11.8 Å². The molecule has 0 bridgehead atoms. The minimum Gasteiger partial charge on any atom is -0.477 e. The number of rotatable bonds is 7. The number of benzene rings is 1. The van der Waals surface area contributed by atoms with Crippen LogP contribution in [0.5, 0.6) is 0 Å². The highest BCUT2D eigenvalue weighted by molar-refractivity contribution is 8.03. The number of carboxylic acids is 1. The van der Waals surface area contributed by atoms with Crippen LogP contribution in [0.15, 0.2) is 34.9 Å². The van der Waals surface area contributed by atoms with Crippen molar-refractivity contribution in [1.82, 2.24) is 15.5 Å². The highest BCUT2D eigenvalue weighted by Gasteiger charge is 2.60. The molecule has 1 aromatic carbocycles. The predicted octanol–water partition coefficient (Wildman–Crippen LogP) is 1.06. The quantitative estimate of drug-likeness (QED) is 0.447. The number of aliphatic hydroxyl groups excluding tert-OH is 1. The van der Waals surface area contributed by atoms with Crippen molar-refractivity contribution in [3.63, 3.8) is 0 Å². The topological polar surface area (TPSA) is 119 Å². The number of fused-ring (bicyclic) bond motifs is 1. The predicted molar refractivity (Wildman–Crippen MR) is 116 cm³/mol. The standard InChI is InChI=1S/C22H26FN3O5S/c1-10-17-16(11(2)27)21(29)26(17)18(22(30)31)19(10)32-14-7-15(24-9-14)20(28)25-8-12-3-5-13(23)6-4-12/h3-6,10-11,14-17,24,27H,7-9H2,1-2H3,(H,25,28)(H,30,31)/t10-,11-,14+,15+,16-,17-/m1/s1. The zero-order chi connectivity index (χ0) is 23.2. The Morgan fingerprint density at radius 2 is 2.03 bits per heavy atom. The second-order valence-corrected chi connectivity index (χ2v) is 9.89. The number of aliphatic hydroxyl groups is 1. The molecule has 0 aromatic heterocycles. The average Bonchev–Trinajstić information content (AvgIpc) is 3.29. The van der Waals surface area contributed by atoms with Crippen LogP contribution in [0.3, 0.4) is 0 Å². The van der Waals surface area contributed by atoms with E-state index in [0.29, 0.717) is 24.4 Å². The molecule has 2 fully saturated rings. The van der Waals surface area contributed by atoms with E-state index in [0.717, 1.165) is 5.56 Å². The largest absolute Gasteiger partial charge is 0.477 e. The fourth-order valence-corrected chi connectivity index (χ4v) is 6.24. The molecule has 4 N–H and O–H groups in total. The number of amides is 2. The van der Waals surface area contributed by atoms with Crippen LogP contribution in [-0.4, -0.2) is 62.9 Å². The van der Waals surface area contributed by atoms with E-state index in [9.17, 15) is 29.0 Å². The van der Waals surface area contributed by atoms with Crippen molar-refractivity contribution < 1.29 is 29.0 Å². The van der Waals surface area contributed by atoms with Crippen LogP contribution in [0.25, 0.3) is 0 Å². The number of hydrogen-bond donors (Lipinski definition) is 4. The Bertz CT molecular complexity index is 967. The third-order valence-electron chi connectivity index (χ3n) is 6.39. The maximum absolute atomic E-state index is 13.0. The minimum absolute atomic E-state index is 0.00129. The Hall–Kier alpha value is -2.43. The summed E-state index contributed by atoms with van der Waals surface area (Å²) in [5.74, 6) is -2.80. The first-order valence-corrected chi connectivity index (χ1v) is 11.5. The molecule has 0 spiro atoms. The second-order valence-electron chi connectivity index (χ2n) is 8.55. The molecule has 172 valence electrons. The van der Waals surface area contributed by atoms with E-state index in [4.69, 9.17) is 0 Å². The Morgan fingerprint density at radius 3 is 2.66 bits per heavy atom. The van der Waals surface area contributed by atoms with Gasteiger partial charge in [0.15, 0.2) is 0 Å². The third-order valence-corrected chi connectivity index (χ3v) is 7.90. The monoisotopic (exact) mass is 463 g/mol. The number of nitrogens with one attached hydrogen (secondary N) is 2. The van der Waals surface area contributed by atoms with Crippen LogP contribution in [0.2, 0.25) is 0 Å². The first-order chi connectivity index (χ1) is 15.2. The van der Waals surface area contributed by atoms with Gasteiger partial charge in [0.05, 0.1) is 24.1 Å². The van der Waals surface area contributed by atoms with Crippen molar-refractivity contribution in [1.29, 1.82) is 0 Å². The summed E-state index contributed by atoms with van der Waals surface area (Å²) in [4.78, 5) is 38.8. The summed E-state index contributed by atoms with van der Waals surface area (Å²) in [6.07, 6.45) is -0.325. The fourth-order valence-electron chi connectivity index (χ4n) is 4.77. The Labute approximate surface area is 189 Å². The lowest BCUT2D eigenvalue weighted by molar-refractivity contribution is -0.163. The van der Waals surface area contributed by atoms with E-state index < -0.39 is 24.0 Å². The number of halogens is 1. The zero-order valence-corrected chi connectivity index (χ0v) is 18.6. The molecular weight excluding hydrogens is 437 g/mol. The van der Waals surface area contributed by atoms with Crippen LogP contribution in [-0.2, 0) is 20.9 Å². The van der Waals surface area contributed by atoms with E-state index >= 15 is 0 Å². The number of carbonyl (C=O) groups excluding carboxylic acids is 2. The molecule has 10 heteroatoms. The molecule has 3 heterocycles. The normalized spacial score (nSPS) is 30.2. The van der Waals surface area contributed by atoms with E-state index in [1.807, 2.05) is 6.92 Å². The number of thioether (sulfide) groups is 1. The summed E-state index contributed by atoms with van der Waals surface area (Å²) in [6, 6.07) is 5.15. The number of hydrogen-bond acceptors (Lipinski definition) is 6. The highest BCUT2D eigenvalue weighted by atomic mass is 32.2. The van der Waals surface area contributed by atoms with E-state index in [1.54, 1.807) is 19.1 Å².